The lowest BCUT2D eigenvalue weighted by molar-refractivity contribution is -0.0455. The van der Waals surface area contributed by atoms with Gasteiger partial charge in [0.05, 0.1) is 12.2 Å². The van der Waals surface area contributed by atoms with Gasteiger partial charge in [0.1, 0.15) is 5.82 Å². The second-order valence-electron chi connectivity index (χ2n) is 6.81. The van der Waals surface area contributed by atoms with Crippen LogP contribution in [0.1, 0.15) is 19.4 Å². The number of likely N-dealkylation sites (N-methyl/N-ethyl adjacent to an activating group) is 1. The minimum atomic E-state index is -3.71. The van der Waals surface area contributed by atoms with E-state index in [9.17, 15) is 12.8 Å². The van der Waals surface area contributed by atoms with Crippen molar-refractivity contribution in [2.75, 3.05) is 40.3 Å². The molecule has 0 N–H and O–H groups in total. The number of hydrogen-bond donors (Lipinski definition) is 0. The maximum atomic E-state index is 14.0. The van der Waals surface area contributed by atoms with Gasteiger partial charge in [0.25, 0.3) is 10.2 Å². The van der Waals surface area contributed by atoms with Crippen molar-refractivity contribution in [3.05, 3.63) is 35.6 Å². The molecule has 1 aromatic rings. The molecule has 0 bridgehead atoms. The molecule has 2 rings (SSSR count). The molecule has 0 radical (unpaired) electrons. The second-order valence-corrected chi connectivity index (χ2v) is 8.74. The first-order chi connectivity index (χ1) is 11.7. The summed E-state index contributed by atoms with van der Waals surface area (Å²) in [6, 6.07) is 6.29. The van der Waals surface area contributed by atoms with E-state index in [2.05, 4.69) is 0 Å². The van der Waals surface area contributed by atoms with Crippen LogP contribution in [-0.2, 0) is 21.5 Å². The van der Waals surface area contributed by atoms with Crippen LogP contribution in [-0.4, -0.2) is 74.4 Å². The molecule has 0 aromatic heterocycles. The van der Waals surface area contributed by atoms with Crippen LogP contribution < -0.4 is 0 Å². The first-order valence-electron chi connectivity index (χ1n) is 8.49. The van der Waals surface area contributed by atoms with Gasteiger partial charge in [0.15, 0.2) is 0 Å². The van der Waals surface area contributed by atoms with Crippen molar-refractivity contribution in [2.24, 2.45) is 0 Å². The van der Waals surface area contributed by atoms with Gasteiger partial charge in [-0.3, -0.25) is 0 Å². The maximum absolute atomic E-state index is 14.0. The van der Waals surface area contributed by atoms with Crippen LogP contribution in [0.15, 0.2) is 24.3 Å². The molecule has 8 heteroatoms. The molecule has 1 aliphatic heterocycles. The van der Waals surface area contributed by atoms with Gasteiger partial charge >= 0.3 is 0 Å². The molecule has 0 aliphatic carbocycles. The van der Waals surface area contributed by atoms with E-state index in [1.165, 1.54) is 14.7 Å². The molecule has 1 aliphatic rings. The van der Waals surface area contributed by atoms with Crippen LogP contribution in [0.4, 0.5) is 4.39 Å². The van der Waals surface area contributed by atoms with Crippen molar-refractivity contribution in [1.29, 1.82) is 0 Å². The van der Waals surface area contributed by atoms with Gasteiger partial charge in [0, 0.05) is 38.3 Å². The third-order valence-electron chi connectivity index (χ3n) is 4.14. The minimum absolute atomic E-state index is 0.0168. The van der Waals surface area contributed by atoms with Crippen molar-refractivity contribution < 1.29 is 17.5 Å². The Labute approximate surface area is 150 Å². The highest BCUT2D eigenvalue weighted by Gasteiger charge is 2.35. The Kier molecular flexibility index (Phi) is 6.93. The lowest BCUT2D eigenvalue weighted by Crippen LogP contribution is -2.53. The van der Waals surface area contributed by atoms with E-state index in [0.717, 1.165) is 0 Å². The molecule has 1 aromatic carbocycles. The third kappa shape index (κ3) is 5.46. The summed E-state index contributed by atoms with van der Waals surface area (Å²) < 4.78 is 48.8. The summed E-state index contributed by atoms with van der Waals surface area (Å²) in [6.07, 6.45) is -0.328. The third-order valence-corrected chi connectivity index (χ3v) is 6.05. The number of nitrogens with zero attached hydrogens (tertiary/aromatic N) is 3. The average molecular weight is 373 g/mol. The molecule has 1 saturated heterocycles. The van der Waals surface area contributed by atoms with Gasteiger partial charge < -0.3 is 9.64 Å². The fourth-order valence-corrected chi connectivity index (χ4v) is 4.62. The van der Waals surface area contributed by atoms with Crippen LogP contribution in [0.25, 0.3) is 0 Å². The fraction of sp³-hybridized carbons (Fsp3) is 0.647. The first kappa shape index (κ1) is 20.3. The van der Waals surface area contributed by atoms with E-state index in [1.54, 1.807) is 18.2 Å². The smallest absolute Gasteiger partial charge is 0.282 e. The van der Waals surface area contributed by atoms with Crippen LogP contribution >= 0.6 is 0 Å². The SMILES string of the molecule is CC1CN(S(=O)(=O)N(CCN(C)C)Cc2ccccc2F)CC(C)O1. The molecule has 0 spiro atoms. The molecule has 2 unspecified atom stereocenters. The van der Waals surface area contributed by atoms with Gasteiger partial charge in [-0.2, -0.15) is 17.0 Å². The Hall–Kier alpha value is -1.06. The van der Waals surface area contributed by atoms with E-state index in [0.29, 0.717) is 31.7 Å². The summed E-state index contributed by atoms with van der Waals surface area (Å²) in [5, 5.41) is 0. The Morgan fingerprint density at radius 2 is 1.76 bits per heavy atom. The van der Waals surface area contributed by atoms with Gasteiger partial charge in [-0.1, -0.05) is 18.2 Å². The zero-order valence-corrected chi connectivity index (χ0v) is 16.2. The van der Waals surface area contributed by atoms with Gasteiger partial charge in [-0.25, -0.2) is 4.39 Å². The Morgan fingerprint density at radius 1 is 1.16 bits per heavy atom. The quantitative estimate of drug-likeness (QED) is 0.728. The topological polar surface area (TPSA) is 53.1 Å². The van der Waals surface area contributed by atoms with Crippen molar-refractivity contribution >= 4 is 10.2 Å². The van der Waals surface area contributed by atoms with Gasteiger partial charge in [-0.05, 0) is 34.0 Å². The number of rotatable bonds is 7. The normalized spacial score (nSPS) is 22.7. The standard InChI is InChI=1S/C17H28FN3O3S/c1-14-11-21(12-15(2)24-14)25(22,23)20(10-9-19(3)4)13-16-7-5-6-8-17(16)18/h5-8,14-15H,9-13H2,1-4H3. The predicted molar refractivity (Wildman–Crippen MR) is 95.9 cm³/mol. The number of hydrogen-bond acceptors (Lipinski definition) is 4. The first-order valence-corrected chi connectivity index (χ1v) is 9.88. The number of benzene rings is 1. The second kappa shape index (κ2) is 8.55. The summed E-state index contributed by atoms with van der Waals surface area (Å²) in [5.41, 5.74) is 0.374. The highest BCUT2D eigenvalue weighted by molar-refractivity contribution is 7.86. The monoisotopic (exact) mass is 373 g/mol. The molecular weight excluding hydrogens is 345 g/mol. The highest BCUT2D eigenvalue weighted by atomic mass is 32.2. The van der Waals surface area contributed by atoms with Gasteiger partial charge in [-0.15, -0.1) is 0 Å². The Bertz CT molecular complexity index is 659. The Balaban J connectivity index is 2.25. The van der Waals surface area contributed by atoms with Crippen LogP contribution in [0.5, 0.6) is 0 Å². The summed E-state index contributed by atoms with van der Waals surface area (Å²) in [6.45, 7) is 5.21. The molecule has 142 valence electrons. The van der Waals surface area contributed by atoms with E-state index in [4.69, 9.17) is 4.74 Å². The van der Waals surface area contributed by atoms with Gasteiger partial charge in [0.2, 0.25) is 0 Å². The highest BCUT2D eigenvalue weighted by Crippen LogP contribution is 2.20. The van der Waals surface area contributed by atoms with E-state index in [-0.39, 0.29) is 18.8 Å². The van der Waals surface area contributed by atoms with E-state index < -0.39 is 16.0 Å². The van der Waals surface area contributed by atoms with Crippen LogP contribution in [0.3, 0.4) is 0 Å². The average Bonchev–Trinajstić information content (AvgIpc) is 2.51. The maximum Gasteiger partial charge on any atom is 0.282 e. The lowest BCUT2D eigenvalue weighted by Gasteiger charge is -2.37. The fourth-order valence-electron chi connectivity index (χ4n) is 2.89. The van der Waals surface area contributed by atoms with Crippen molar-refractivity contribution in [3.63, 3.8) is 0 Å². The molecule has 0 saturated carbocycles. The lowest BCUT2D eigenvalue weighted by atomic mass is 10.2. The zero-order valence-electron chi connectivity index (χ0n) is 15.4. The van der Waals surface area contributed by atoms with Crippen molar-refractivity contribution in [1.82, 2.24) is 13.5 Å². The Morgan fingerprint density at radius 3 is 2.32 bits per heavy atom. The molecular formula is C17H28FN3O3S. The summed E-state index contributed by atoms with van der Waals surface area (Å²) in [4.78, 5) is 1.91. The molecule has 2 atom stereocenters. The predicted octanol–water partition coefficient (Wildman–Crippen LogP) is 1.54. The molecule has 6 nitrogen and oxygen atoms in total. The largest absolute Gasteiger partial charge is 0.373 e. The van der Waals surface area contributed by atoms with Crippen LogP contribution in [0, 0.1) is 5.82 Å². The summed E-state index contributed by atoms with van der Waals surface area (Å²) in [7, 11) is 0.0562. The molecule has 1 fully saturated rings. The molecule has 1 heterocycles. The van der Waals surface area contributed by atoms with E-state index >= 15 is 0 Å². The van der Waals surface area contributed by atoms with E-state index in [1.807, 2.05) is 32.8 Å². The zero-order chi connectivity index (χ0) is 18.6. The van der Waals surface area contributed by atoms with Crippen molar-refractivity contribution in [2.45, 2.75) is 32.6 Å². The van der Waals surface area contributed by atoms with Crippen LogP contribution in [0.2, 0.25) is 0 Å². The molecule has 25 heavy (non-hydrogen) atoms. The number of ether oxygens (including phenoxy) is 1. The minimum Gasteiger partial charge on any atom is -0.373 e. The van der Waals surface area contributed by atoms with Crippen molar-refractivity contribution in [3.8, 4) is 0 Å². The number of halogens is 1. The summed E-state index contributed by atoms with van der Waals surface area (Å²) >= 11 is 0. The molecule has 0 amide bonds. The summed E-state index contributed by atoms with van der Waals surface area (Å²) in [5.74, 6) is -0.392. The number of morpholine rings is 1.